The zero-order valence-electron chi connectivity index (χ0n) is 9.06. The van der Waals surface area contributed by atoms with Crippen LogP contribution in [0.15, 0.2) is 24.3 Å². The fourth-order valence-electron chi connectivity index (χ4n) is 1.57. The van der Waals surface area contributed by atoms with Crippen LogP contribution < -0.4 is 5.32 Å². The predicted octanol–water partition coefficient (Wildman–Crippen LogP) is 2.14. The van der Waals surface area contributed by atoms with E-state index in [1.807, 2.05) is 13.0 Å². The van der Waals surface area contributed by atoms with Crippen LogP contribution in [-0.2, 0) is 6.42 Å². The van der Waals surface area contributed by atoms with Crippen LogP contribution >= 0.6 is 0 Å². The summed E-state index contributed by atoms with van der Waals surface area (Å²) in [6.07, 6.45) is 0.815. The van der Waals surface area contributed by atoms with Gasteiger partial charge in [0.1, 0.15) is 0 Å². The number of nitrogens with one attached hydrogen (secondary N) is 1. The van der Waals surface area contributed by atoms with Gasteiger partial charge in [0.05, 0.1) is 4.92 Å². The zero-order chi connectivity index (χ0) is 11.3. The third kappa shape index (κ3) is 3.67. The van der Waals surface area contributed by atoms with Crippen molar-refractivity contribution in [1.82, 2.24) is 5.32 Å². The summed E-state index contributed by atoms with van der Waals surface area (Å²) in [7, 11) is 0. The molecule has 1 atom stereocenters. The van der Waals surface area contributed by atoms with Crippen LogP contribution in [0.2, 0.25) is 0 Å². The Morgan fingerprint density at radius 2 is 2.27 bits per heavy atom. The molecule has 0 aliphatic rings. The molecule has 0 saturated carbocycles. The quantitative estimate of drug-likeness (QED) is 0.595. The lowest BCUT2D eigenvalue weighted by Crippen LogP contribution is -2.27. The number of benzene rings is 1. The monoisotopic (exact) mass is 208 g/mol. The van der Waals surface area contributed by atoms with E-state index in [9.17, 15) is 10.1 Å². The second-order valence-electron chi connectivity index (χ2n) is 3.59. The highest BCUT2D eigenvalue weighted by Crippen LogP contribution is 2.14. The third-order valence-electron chi connectivity index (χ3n) is 2.22. The van der Waals surface area contributed by atoms with Gasteiger partial charge in [-0.3, -0.25) is 10.1 Å². The average Bonchev–Trinajstić information content (AvgIpc) is 2.18. The molecular formula is C11H16N2O2. The Morgan fingerprint density at radius 1 is 1.53 bits per heavy atom. The van der Waals surface area contributed by atoms with Crippen LogP contribution in [0, 0.1) is 10.1 Å². The first-order valence-electron chi connectivity index (χ1n) is 5.10. The predicted molar refractivity (Wildman–Crippen MR) is 59.9 cm³/mol. The van der Waals surface area contributed by atoms with E-state index in [-0.39, 0.29) is 10.6 Å². The molecule has 1 aromatic carbocycles. The SMILES string of the molecule is CCNC(C)Cc1cccc([N+](=O)[O-])c1. The Bertz CT molecular complexity index is 339. The minimum atomic E-state index is -0.360. The lowest BCUT2D eigenvalue weighted by molar-refractivity contribution is -0.384. The Balaban J connectivity index is 2.69. The Morgan fingerprint density at radius 3 is 2.87 bits per heavy atom. The number of non-ortho nitro benzene ring substituents is 1. The fraction of sp³-hybridized carbons (Fsp3) is 0.455. The highest BCUT2D eigenvalue weighted by Gasteiger charge is 2.07. The molecule has 1 N–H and O–H groups in total. The van der Waals surface area contributed by atoms with Crippen molar-refractivity contribution in [3.8, 4) is 0 Å². The second kappa shape index (κ2) is 5.46. The minimum Gasteiger partial charge on any atom is -0.314 e. The summed E-state index contributed by atoms with van der Waals surface area (Å²) in [6, 6.07) is 7.14. The van der Waals surface area contributed by atoms with Crippen molar-refractivity contribution in [3.63, 3.8) is 0 Å². The van der Waals surface area contributed by atoms with Crippen molar-refractivity contribution < 1.29 is 4.92 Å². The second-order valence-corrected chi connectivity index (χ2v) is 3.59. The van der Waals surface area contributed by atoms with E-state index in [1.54, 1.807) is 12.1 Å². The standard InChI is InChI=1S/C11H16N2O2/c1-3-12-9(2)7-10-5-4-6-11(8-10)13(14)15/h4-6,8-9,12H,3,7H2,1-2H3. The van der Waals surface area contributed by atoms with Gasteiger partial charge in [-0.15, -0.1) is 0 Å². The first-order valence-corrected chi connectivity index (χ1v) is 5.10. The zero-order valence-corrected chi connectivity index (χ0v) is 9.06. The van der Waals surface area contributed by atoms with Gasteiger partial charge < -0.3 is 5.32 Å². The third-order valence-corrected chi connectivity index (χ3v) is 2.22. The number of likely N-dealkylation sites (N-methyl/N-ethyl adjacent to an activating group) is 1. The van der Waals surface area contributed by atoms with Gasteiger partial charge in [-0.25, -0.2) is 0 Å². The van der Waals surface area contributed by atoms with Crippen LogP contribution in [0.3, 0.4) is 0 Å². The molecule has 0 fully saturated rings. The number of nitro groups is 1. The van der Waals surface area contributed by atoms with Gasteiger partial charge in [-0.2, -0.15) is 0 Å². The molecule has 15 heavy (non-hydrogen) atoms. The van der Waals surface area contributed by atoms with E-state index in [2.05, 4.69) is 12.2 Å². The summed E-state index contributed by atoms with van der Waals surface area (Å²) >= 11 is 0. The molecule has 1 aromatic rings. The Kier molecular flexibility index (Phi) is 4.24. The van der Waals surface area contributed by atoms with Crippen molar-refractivity contribution in [3.05, 3.63) is 39.9 Å². The molecule has 0 bridgehead atoms. The van der Waals surface area contributed by atoms with Crippen LogP contribution in [-0.4, -0.2) is 17.5 Å². The van der Waals surface area contributed by atoms with Crippen molar-refractivity contribution in [1.29, 1.82) is 0 Å². The van der Waals surface area contributed by atoms with E-state index >= 15 is 0 Å². The number of hydrogen-bond donors (Lipinski definition) is 1. The Labute approximate surface area is 89.5 Å². The van der Waals surface area contributed by atoms with Gasteiger partial charge in [0.25, 0.3) is 5.69 Å². The van der Waals surface area contributed by atoms with Crippen molar-refractivity contribution >= 4 is 5.69 Å². The lowest BCUT2D eigenvalue weighted by Gasteiger charge is -2.11. The highest BCUT2D eigenvalue weighted by molar-refractivity contribution is 5.34. The molecule has 0 amide bonds. The van der Waals surface area contributed by atoms with Crippen molar-refractivity contribution in [2.24, 2.45) is 0 Å². The van der Waals surface area contributed by atoms with Crippen molar-refractivity contribution in [2.75, 3.05) is 6.54 Å². The van der Waals surface area contributed by atoms with Gasteiger partial charge in [0, 0.05) is 18.2 Å². The molecule has 1 unspecified atom stereocenters. The fourth-order valence-corrected chi connectivity index (χ4v) is 1.57. The van der Waals surface area contributed by atoms with E-state index in [0.717, 1.165) is 18.5 Å². The maximum absolute atomic E-state index is 10.6. The smallest absolute Gasteiger partial charge is 0.269 e. The van der Waals surface area contributed by atoms with Crippen LogP contribution in [0.25, 0.3) is 0 Å². The number of nitro benzene ring substituents is 1. The molecule has 0 spiro atoms. The largest absolute Gasteiger partial charge is 0.314 e. The molecule has 1 rings (SSSR count). The van der Waals surface area contributed by atoms with Crippen LogP contribution in [0.1, 0.15) is 19.4 Å². The molecule has 0 saturated heterocycles. The molecule has 0 aliphatic carbocycles. The molecule has 4 heteroatoms. The average molecular weight is 208 g/mol. The summed E-state index contributed by atoms with van der Waals surface area (Å²) in [5.74, 6) is 0. The molecule has 0 aromatic heterocycles. The number of hydrogen-bond acceptors (Lipinski definition) is 3. The molecular weight excluding hydrogens is 192 g/mol. The maximum atomic E-state index is 10.6. The van der Waals surface area contributed by atoms with E-state index < -0.39 is 0 Å². The summed E-state index contributed by atoms with van der Waals surface area (Å²) in [6.45, 7) is 5.03. The minimum absolute atomic E-state index is 0.163. The van der Waals surface area contributed by atoms with E-state index in [0.29, 0.717) is 6.04 Å². The summed E-state index contributed by atoms with van der Waals surface area (Å²) in [4.78, 5) is 10.2. The van der Waals surface area contributed by atoms with Gasteiger partial charge in [-0.05, 0) is 25.5 Å². The summed E-state index contributed by atoms with van der Waals surface area (Å²) in [5, 5.41) is 13.8. The Hall–Kier alpha value is -1.42. The van der Waals surface area contributed by atoms with Crippen molar-refractivity contribution in [2.45, 2.75) is 26.3 Å². The molecule has 0 heterocycles. The van der Waals surface area contributed by atoms with Gasteiger partial charge >= 0.3 is 0 Å². The number of nitrogens with zero attached hydrogens (tertiary/aromatic N) is 1. The van der Waals surface area contributed by atoms with Gasteiger partial charge in [0.15, 0.2) is 0 Å². The van der Waals surface area contributed by atoms with E-state index in [1.165, 1.54) is 6.07 Å². The first-order chi connectivity index (χ1) is 7.13. The van der Waals surface area contributed by atoms with Gasteiger partial charge in [-0.1, -0.05) is 19.1 Å². The molecule has 0 aliphatic heterocycles. The van der Waals surface area contributed by atoms with Crippen LogP contribution in [0.5, 0.6) is 0 Å². The molecule has 0 radical (unpaired) electrons. The lowest BCUT2D eigenvalue weighted by atomic mass is 10.1. The molecule has 4 nitrogen and oxygen atoms in total. The topological polar surface area (TPSA) is 55.2 Å². The maximum Gasteiger partial charge on any atom is 0.269 e. The van der Waals surface area contributed by atoms with Gasteiger partial charge in [0.2, 0.25) is 0 Å². The number of rotatable bonds is 5. The van der Waals surface area contributed by atoms with Crippen LogP contribution in [0.4, 0.5) is 5.69 Å². The molecule has 82 valence electrons. The summed E-state index contributed by atoms with van der Waals surface area (Å²) < 4.78 is 0. The van der Waals surface area contributed by atoms with E-state index in [4.69, 9.17) is 0 Å². The highest BCUT2D eigenvalue weighted by atomic mass is 16.6. The normalized spacial score (nSPS) is 12.4. The first kappa shape index (κ1) is 11.7. The summed E-state index contributed by atoms with van der Waals surface area (Å²) in [5.41, 5.74) is 1.16.